The molecule has 3 rings (SSSR count). The number of rotatable bonds is 6. The van der Waals surface area contributed by atoms with E-state index in [2.05, 4.69) is 21.4 Å². The van der Waals surface area contributed by atoms with E-state index in [4.69, 9.17) is 17.3 Å². The summed E-state index contributed by atoms with van der Waals surface area (Å²) in [5, 5.41) is 14.0. The molecule has 0 radical (unpaired) electrons. The van der Waals surface area contributed by atoms with Crippen molar-refractivity contribution in [2.45, 2.75) is 26.3 Å². The Balaban J connectivity index is 2.07. The van der Waals surface area contributed by atoms with Crippen LogP contribution in [-0.4, -0.2) is 27.7 Å². The van der Waals surface area contributed by atoms with Gasteiger partial charge in [-0.2, -0.15) is 0 Å². The molecule has 1 heterocycles. The van der Waals surface area contributed by atoms with Crippen LogP contribution in [0.15, 0.2) is 48.7 Å². The molecule has 0 amide bonds. The van der Waals surface area contributed by atoms with Crippen LogP contribution in [0.25, 0.3) is 22.5 Å². The number of aromatic hydroxyl groups is 1. The minimum absolute atomic E-state index is 0.0216. The molecular weight excluding hydrogens is 360 g/mol. The van der Waals surface area contributed by atoms with Crippen LogP contribution in [0.1, 0.15) is 18.9 Å². The van der Waals surface area contributed by atoms with Crippen LogP contribution < -0.4 is 11.1 Å². The van der Waals surface area contributed by atoms with Gasteiger partial charge in [-0.3, -0.25) is 0 Å². The zero-order valence-corrected chi connectivity index (χ0v) is 16.2. The Morgan fingerprint density at radius 3 is 2.74 bits per heavy atom. The average molecular weight is 383 g/mol. The van der Waals surface area contributed by atoms with E-state index in [1.165, 1.54) is 6.07 Å². The average Bonchev–Trinajstić information content (AvgIpc) is 2.67. The minimum atomic E-state index is 0.0216. The lowest BCUT2D eigenvalue weighted by molar-refractivity contribution is 0.477. The Kier molecular flexibility index (Phi) is 5.94. The van der Waals surface area contributed by atoms with Gasteiger partial charge < -0.3 is 16.2 Å². The summed E-state index contributed by atoms with van der Waals surface area (Å²) in [5.41, 5.74) is 9.60. The van der Waals surface area contributed by atoms with E-state index in [9.17, 15) is 5.11 Å². The largest absolute Gasteiger partial charge is 0.507 e. The number of benzene rings is 2. The zero-order valence-electron chi connectivity index (χ0n) is 15.4. The number of phenols is 1. The highest BCUT2D eigenvalue weighted by Gasteiger charge is 2.14. The molecule has 0 bridgehead atoms. The Morgan fingerprint density at radius 1 is 1.19 bits per heavy atom. The van der Waals surface area contributed by atoms with Gasteiger partial charge >= 0.3 is 0 Å². The summed E-state index contributed by atoms with van der Waals surface area (Å²) in [4.78, 5) is 9.12. The predicted molar refractivity (Wildman–Crippen MR) is 111 cm³/mol. The first-order valence-corrected chi connectivity index (χ1v) is 9.28. The van der Waals surface area contributed by atoms with Gasteiger partial charge in [0, 0.05) is 29.4 Å². The predicted octanol–water partition coefficient (Wildman–Crippen LogP) is 4.63. The lowest BCUT2D eigenvalue weighted by Crippen LogP contribution is -2.28. The number of halogens is 1. The van der Waals surface area contributed by atoms with Crippen LogP contribution >= 0.6 is 11.6 Å². The first-order valence-electron chi connectivity index (χ1n) is 8.90. The number of hydrogen-bond acceptors (Lipinski definition) is 5. The molecule has 5 nitrogen and oxygen atoms in total. The van der Waals surface area contributed by atoms with E-state index in [0.717, 1.165) is 23.1 Å². The van der Waals surface area contributed by atoms with E-state index < -0.39 is 0 Å². The third-order valence-electron chi connectivity index (χ3n) is 4.37. The number of aromatic nitrogens is 2. The van der Waals surface area contributed by atoms with Crippen molar-refractivity contribution < 1.29 is 5.11 Å². The Morgan fingerprint density at radius 2 is 2.00 bits per heavy atom. The van der Waals surface area contributed by atoms with E-state index in [1.807, 2.05) is 32.0 Å². The molecule has 2 aromatic carbocycles. The van der Waals surface area contributed by atoms with Crippen LogP contribution in [0, 0.1) is 6.92 Å². The standard InChI is InChI=1S/C21H23ClN4O/c1-3-16(23)11-24-21-18(14-6-4-5-13(2)9-14)12-25-20(26-21)17-10-15(22)7-8-19(17)27/h4-10,12,16,27H,3,11,23H2,1-2H3,(H,24,25,26)/t16-/m0/s1. The molecule has 3 aromatic rings. The molecule has 6 heteroatoms. The summed E-state index contributed by atoms with van der Waals surface area (Å²) in [6.45, 7) is 4.68. The van der Waals surface area contributed by atoms with Crippen LogP contribution in [0.4, 0.5) is 5.82 Å². The molecule has 0 spiro atoms. The summed E-state index contributed by atoms with van der Waals surface area (Å²) in [6, 6.07) is 13.0. The van der Waals surface area contributed by atoms with Crippen LogP contribution in [-0.2, 0) is 0 Å². The van der Waals surface area contributed by atoms with E-state index in [-0.39, 0.29) is 11.8 Å². The van der Waals surface area contributed by atoms with Crippen LogP contribution in [0.2, 0.25) is 5.02 Å². The van der Waals surface area contributed by atoms with Gasteiger partial charge in [-0.1, -0.05) is 48.4 Å². The Labute approximate surface area is 164 Å². The summed E-state index contributed by atoms with van der Waals surface area (Å²) in [6.07, 6.45) is 2.62. The van der Waals surface area contributed by atoms with Gasteiger partial charge in [-0.05, 0) is 37.1 Å². The number of nitrogens with zero attached hydrogens (tertiary/aromatic N) is 2. The lowest BCUT2D eigenvalue weighted by atomic mass is 10.0. The van der Waals surface area contributed by atoms with Gasteiger partial charge in [0.05, 0.1) is 5.56 Å². The number of phenolic OH excluding ortho intramolecular Hbond substituents is 1. The summed E-state index contributed by atoms with van der Waals surface area (Å²) < 4.78 is 0. The molecule has 0 aliphatic heterocycles. The number of nitrogens with two attached hydrogens (primary N) is 1. The topological polar surface area (TPSA) is 84.1 Å². The first-order chi connectivity index (χ1) is 13.0. The molecule has 0 aliphatic carbocycles. The SMILES string of the molecule is CC[C@H](N)CNc1nc(-c2cc(Cl)ccc2O)ncc1-c1cccc(C)c1. The number of hydrogen-bond donors (Lipinski definition) is 3. The molecule has 0 saturated carbocycles. The molecule has 0 fully saturated rings. The molecule has 140 valence electrons. The second-order valence-electron chi connectivity index (χ2n) is 6.54. The van der Waals surface area contributed by atoms with E-state index in [1.54, 1.807) is 18.3 Å². The van der Waals surface area contributed by atoms with Crippen LogP contribution in [0.3, 0.4) is 0 Å². The van der Waals surface area contributed by atoms with Gasteiger partial charge in [0.1, 0.15) is 11.6 Å². The first kappa shape index (κ1) is 19.1. The van der Waals surface area contributed by atoms with Gasteiger partial charge in [-0.15, -0.1) is 0 Å². The maximum atomic E-state index is 10.2. The molecular formula is C21H23ClN4O. The summed E-state index contributed by atoms with van der Waals surface area (Å²) in [7, 11) is 0. The monoisotopic (exact) mass is 382 g/mol. The lowest BCUT2D eigenvalue weighted by Gasteiger charge is -2.16. The van der Waals surface area contributed by atoms with Crippen molar-refractivity contribution in [2.75, 3.05) is 11.9 Å². The number of aryl methyl sites for hydroxylation is 1. The molecule has 4 N–H and O–H groups in total. The highest BCUT2D eigenvalue weighted by atomic mass is 35.5. The smallest absolute Gasteiger partial charge is 0.165 e. The normalized spacial score (nSPS) is 12.0. The highest BCUT2D eigenvalue weighted by molar-refractivity contribution is 6.30. The maximum absolute atomic E-state index is 10.2. The maximum Gasteiger partial charge on any atom is 0.165 e. The Hall–Kier alpha value is -2.63. The fourth-order valence-electron chi connectivity index (χ4n) is 2.73. The highest BCUT2D eigenvalue weighted by Crippen LogP contribution is 2.33. The van der Waals surface area contributed by atoms with Crippen molar-refractivity contribution in [3.05, 3.63) is 59.2 Å². The second-order valence-corrected chi connectivity index (χ2v) is 6.97. The van der Waals surface area contributed by atoms with E-state index >= 15 is 0 Å². The second kappa shape index (κ2) is 8.37. The van der Waals surface area contributed by atoms with Gasteiger partial charge in [0.15, 0.2) is 5.82 Å². The minimum Gasteiger partial charge on any atom is -0.507 e. The van der Waals surface area contributed by atoms with Crippen molar-refractivity contribution in [3.63, 3.8) is 0 Å². The van der Waals surface area contributed by atoms with Crippen molar-refractivity contribution in [2.24, 2.45) is 5.73 Å². The van der Waals surface area contributed by atoms with Gasteiger partial charge in [-0.25, -0.2) is 9.97 Å². The third kappa shape index (κ3) is 4.56. The fourth-order valence-corrected chi connectivity index (χ4v) is 2.90. The van der Waals surface area contributed by atoms with Crippen molar-refractivity contribution in [1.29, 1.82) is 0 Å². The molecule has 0 saturated heterocycles. The summed E-state index contributed by atoms with van der Waals surface area (Å²) >= 11 is 6.07. The molecule has 1 atom stereocenters. The van der Waals surface area contributed by atoms with Crippen molar-refractivity contribution in [1.82, 2.24) is 9.97 Å². The quantitative estimate of drug-likeness (QED) is 0.579. The van der Waals surface area contributed by atoms with Gasteiger partial charge in [0.25, 0.3) is 0 Å². The molecule has 1 aromatic heterocycles. The fraction of sp³-hybridized carbons (Fsp3) is 0.238. The summed E-state index contributed by atoms with van der Waals surface area (Å²) in [5.74, 6) is 1.16. The number of nitrogens with one attached hydrogen (secondary N) is 1. The van der Waals surface area contributed by atoms with E-state index in [0.29, 0.717) is 28.8 Å². The third-order valence-corrected chi connectivity index (χ3v) is 4.61. The molecule has 0 unspecified atom stereocenters. The van der Waals surface area contributed by atoms with Crippen molar-refractivity contribution >= 4 is 17.4 Å². The molecule has 27 heavy (non-hydrogen) atoms. The zero-order chi connectivity index (χ0) is 19.4. The van der Waals surface area contributed by atoms with Crippen LogP contribution in [0.5, 0.6) is 5.75 Å². The number of anilines is 1. The molecule has 0 aliphatic rings. The van der Waals surface area contributed by atoms with Gasteiger partial charge in [0.2, 0.25) is 0 Å². The Bertz CT molecular complexity index is 945. The van der Waals surface area contributed by atoms with Crippen molar-refractivity contribution in [3.8, 4) is 28.3 Å².